The Kier molecular flexibility index (Phi) is 18.2. The van der Waals surface area contributed by atoms with Gasteiger partial charge in [0.25, 0.3) is 0 Å². The highest BCUT2D eigenvalue weighted by atomic mass is 31.2. The van der Waals surface area contributed by atoms with Crippen molar-refractivity contribution in [1.29, 1.82) is 0 Å². The lowest BCUT2D eigenvalue weighted by Crippen LogP contribution is -2.41. The first-order valence-electron chi connectivity index (χ1n) is 26.2. The molecule has 4 nitrogen and oxygen atoms in total. The number of phosphoric acid groups is 1. The van der Waals surface area contributed by atoms with Crippen LogP contribution < -0.4 is 62.4 Å². The van der Waals surface area contributed by atoms with Gasteiger partial charge in [-0.15, -0.1) is 0 Å². The van der Waals surface area contributed by atoms with Crippen LogP contribution in [0.15, 0.2) is 273 Å². The third-order valence-electron chi connectivity index (χ3n) is 15.3. The predicted molar refractivity (Wildman–Crippen MR) is 316 cm³/mol. The molecule has 3 aliphatic carbocycles. The lowest BCUT2D eigenvalue weighted by molar-refractivity contribution is -0.432. The molecule has 0 heterocycles. The van der Waals surface area contributed by atoms with Gasteiger partial charge in [-0.25, -0.2) is 0 Å². The highest BCUT2D eigenvalue weighted by Gasteiger charge is 2.56. The standard InChI is InChI=1S/3C22H22P.H3O4P/c3*1-4-11-19(12-5-1)23(22-17-10-18-22,20-13-6-2-7-14-20)21-15-8-3-9-16-21;1-5(2,3)4/h3*1-9,11-16,22H,10,17-18H2;(H3,1,2,3,4)/q3*+1;/p-3. The zero-order valence-corrected chi connectivity index (χ0v) is 45.6. The molecule has 3 fully saturated rings. The third-order valence-corrected chi connectivity index (χ3v) is 30.2. The minimum atomic E-state index is -5.39. The van der Waals surface area contributed by atoms with Crippen LogP contribution in [0, 0.1) is 0 Å². The van der Waals surface area contributed by atoms with E-state index in [9.17, 15) is 0 Å². The van der Waals surface area contributed by atoms with E-state index in [0.717, 1.165) is 17.0 Å². The summed E-state index contributed by atoms with van der Waals surface area (Å²) in [5.41, 5.74) is 2.36. The van der Waals surface area contributed by atoms with Gasteiger partial charge in [0.2, 0.25) is 0 Å². The van der Waals surface area contributed by atoms with Crippen molar-refractivity contribution >= 4 is 77.4 Å². The van der Waals surface area contributed by atoms with Crippen LogP contribution in [0.5, 0.6) is 0 Å². The smallest absolute Gasteiger partial charge is 0.115 e. The Morgan fingerprint density at radius 3 is 0.432 bits per heavy atom. The average Bonchev–Trinajstić information content (AvgIpc) is 3.42. The minimum Gasteiger partial charge on any atom is -0.822 e. The summed E-state index contributed by atoms with van der Waals surface area (Å²) in [6, 6.07) is 101. The number of benzene rings is 9. The zero-order chi connectivity index (χ0) is 51.1. The Morgan fingerprint density at radius 2 is 0.351 bits per heavy atom. The van der Waals surface area contributed by atoms with E-state index in [0.29, 0.717) is 0 Å². The van der Waals surface area contributed by atoms with E-state index in [2.05, 4.69) is 273 Å². The largest absolute Gasteiger partial charge is 0.822 e. The first kappa shape index (κ1) is 53.2. The summed E-state index contributed by atoms with van der Waals surface area (Å²) in [4.78, 5) is 25.6. The molecular weight excluding hydrogens is 981 g/mol. The maximum absolute atomic E-state index is 8.55. The van der Waals surface area contributed by atoms with Crippen LogP contribution in [0.1, 0.15) is 57.8 Å². The van der Waals surface area contributed by atoms with E-state index in [-0.39, 0.29) is 0 Å². The molecule has 3 saturated carbocycles. The van der Waals surface area contributed by atoms with E-state index in [1.54, 1.807) is 0 Å². The summed E-state index contributed by atoms with van der Waals surface area (Å²) in [6.45, 7) is 0. The molecule has 0 unspecified atom stereocenters. The molecule has 9 aromatic carbocycles. The van der Waals surface area contributed by atoms with Gasteiger partial charge in [0.1, 0.15) is 69.5 Å². The minimum absolute atomic E-state index is 0.787. The number of hydrogen-bond acceptors (Lipinski definition) is 4. The molecule has 0 amide bonds. The lowest BCUT2D eigenvalue weighted by atomic mass is 10.00. The van der Waals surface area contributed by atoms with Crippen molar-refractivity contribution in [1.82, 2.24) is 0 Å². The van der Waals surface area contributed by atoms with Gasteiger partial charge in [0.15, 0.2) is 0 Å². The van der Waals surface area contributed by atoms with Crippen LogP contribution >= 0.6 is 29.6 Å². The fourth-order valence-electron chi connectivity index (χ4n) is 11.5. The Morgan fingerprint density at radius 1 is 0.243 bits per heavy atom. The fourth-order valence-corrected chi connectivity index (χ4v) is 27.2. The van der Waals surface area contributed by atoms with Crippen LogP contribution in [0.3, 0.4) is 0 Å². The summed E-state index contributed by atoms with van der Waals surface area (Å²) in [6.07, 6.45) is 12.2. The summed E-state index contributed by atoms with van der Waals surface area (Å²) >= 11 is 0. The van der Waals surface area contributed by atoms with Crippen LogP contribution in [-0.4, -0.2) is 17.0 Å². The van der Waals surface area contributed by atoms with Crippen molar-refractivity contribution in [2.75, 3.05) is 0 Å². The van der Waals surface area contributed by atoms with Gasteiger partial charge in [0, 0.05) is 0 Å². The molecule has 74 heavy (non-hydrogen) atoms. The Labute approximate surface area is 441 Å². The fraction of sp³-hybridized carbons (Fsp3) is 0.182. The van der Waals surface area contributed by atoms with E-state index >= 15 is 0 Å². The van der Waals surface area contributed by atoms with Crippen molar-refractivity contribution in [3.05, 3.63) is 273 Å². The van der Waals surface area contributed by atoms with Gasteiger partial charge in [-0.1, -0.05) is 164 Å². The molecule has 0 N–H and O–H groups in total. The second-order valence-corrected chi connectivity index (χ2v) is 31.5. The molecule has 3 aliphatic rings. The van der Waals surface area contributed by atoms with Gasteiger partial charge in [-0.05, 0) is 167 Å². The highest BCUT2D eigenvalue weighted by molar-refractivity contribution is 7.97. The summed E-state index contributed by atoms with van der Waals surface area (Å²) in [5.74, 6) is 0. The second-order valence-electron chi connectivity index (χ2n) is 19.4. The molecule has 0 atom stereocenters. The molecule has 374 valence electrons. The Balaban J connectivity index is 0.000000130. The van der Waals surface area contributed by atoms with E-state index in [1.807, 2.05) is 0 Å². The van der Waals surface area contributed by atoms with E-state index < -0.39 is 29.6 Å². The maximum atomic E-state index is 8.55. The first-order valence-corrected chi connectivity index (χ1v) is 33.2. The topological polar surface area (TPSA) is 86.2 Å². The molecule has 0 saturated heterocycles. The molecule has 9 aromatic rings. The number of rotatable bonds is 12. The van der Waals surface area contributed by atoms with Crippen molar-refractivity contribution in [3.8, 4) is 0 Å². The molecule has 0 aliphatic heterocycles. The van der Waals surface area contributed by atoms with Gasteiger partial charge in [0.05, 0.1) is 17.0 Å². The third kappa shape index (κ3) is 11.6. The SMILES string of the molecule is O=P([O-])([O-])[O-].c1ccc([P+](c2ccccc2)(c2ccccc2)C2CCC2)cc1.c1ccc([P+](c2ccccc2)(c2ccccc2)C2CCC2)cc1.c1ccc([P+](c2ccccc2)(c2ccccc2)C2CCC2)cc1. The average molecular weight is 1050 g/mol. The molecule has 0 bridgehead atoms. The van der Waals surface area contributed by atoms with Crippen molar-refractivity contribution in [2.45, 2.75) is 74.8 Å². The maximum Gasteiger partial charge on any atom is 0.115 e. The van der Waals surface area contributed by atoms with E-state index in [4.69, 9.17) is 19.2 Å². The molecule has 0 radical (unpaired) electrons. The molecule has 0 spiro atoms. The zero-order valence-electron chi connectivity index (χ0n) is 42.0. The van der Waals surface area contributed by atoms with Crippen LogP contribution in [0.25, 0.3) is 0 Å². The second kappa shape index (κ2) is 25.3. The van der Waals surface area contributed by atoms with Gasteiger partial charge < -0.3 is 19.2 Å². The summed E-state index contributed by atoms with van der Waals surface area (Å²) in [7, 11) is -10.1. The highest BCUT2D eigenvalue weighted by Crippen LogP contribution is 2.67. The normalized spacial score (nSPS) is 14.9. The molecule has 0 aromatic heterocycles. The molecular formula is C66H66O4P4. The Hall–Kier alpha value is -5.62. The number of hydrogen-bond donors (Lipinski definition) is 0. The van der Waals surface area contributed by atoms with Crippen molar-refractivity contribution in [2.24, 2.45) is 0 Å². The lowest BCUT2D eigenvalue weighted by Gasteiger charge is -2.39. The molecule has 12 rings (SSSR count). The van der Waals surface area contributed by atoms with Crippen molar-refractivity contribution in [3.63, 3.8) is 0 Å². The molecule has 8 heteroatoms. The van der Waals surface area contributed by atoms with Gasteiger partial charge in [-0.3, -0.25) is 0 Å². The van der Waals surface area contributed by atoms with Gasteiger partial charge >= 0.3 is 0 Å². The van der Waals surface area contributed by atoms with Crippen LogP contribution in [-0.2, 0) is 4.57 Å². The van der Waals surface area contributed by atoms with Crippen molar-refractivity contribution < 1.29 is 19.2 Å². The van der Waals surface area contributed by atoms with Crippen LogP contribution in [0.4, 0.5) is 0 Å². The van der Waals surface area contributed by atoms with Crippen LogP contribution in [0.2, 0.25) is 0 Å². The summed E-state index contributed by atoms with van der Waals surface area (Å²) in [5, 5.41) is 13.8. The predicted octanol–water partition coefficient (Wildman–Crippen LogP) is 10.8. The quantitative estimate of drug-likeness (QED) is 0.114. The first-order chi connectivity index (χ1) is 36.3. The van der Waals surface area contributed by atoms with Gasteiger partial charge in [-0.2, -0.15) is 7.82 Å². The van der Waals surface area contributed by atoms with E-state index in [1.165, 1.54) is 106 Å². The summed E-state index contributed by atoms with van der Waals surface area (Å²) < 4.78 is 8.55. The Bertz CT molecular complexity index is 2460. The monoisotopic (exact) mass is 1050 g/mol.